The van der Waals surface area contributed by atoms with E-state index in [2.05, 4.69) is 50.5 Å². The van der Waals surface area contributed by atoms with Crippen molar-refractivity contribution in [3.8, 4) is 11.3 Å². The third kappa shape index (κ3) is 5.00. The summed E-state index contributed by atoms with van der Waals surface area (Å²) >= 11 is 3.45. The molecule has 0 aliphatic carbocycles. The van der Waals surface area contributed by atoms with Crippen LogP contribution in [0.5, 0.6) is 0 Å². The average Bonchev–Trinajstić information content (AvgIpc) is 3.47. The Labute approximate surface area is 211 Å². The maximum atomic E-state index is 13.2. The number of fused-ring (bicyclic) bond motifs is 1. The van der Waals surface area contributed by atoms with Crippen molar-refractivity contribution < 1.29 is 14.7 Å². The molecular weight excluding hydrogens is 506 g/mol. The number of amides is 1. The molecule has 0 bridgehead atoms. The molecule has 0 fully saturated rings. The largest absolute Gasteiger partial charge is 0.481 e. The topological polar surface area (TPSA) is 74.6 Å². The van der Waals surface area contributed by atoms with E-state index in [0.717, 1.165) is 40.2 Å². The first kappa shape index (κ1) is 22.9. The normalized spacial score (nSPS) is 12.4. The van der Waals surface area contributed by atoms with Crippen LogP contribution < -0.4 is 10.3 Å². The fraction of sp³-hybridized carbons (Fsp3) is 0.143. The summed E-state index contributed by atoms with van der Waals surface area (Å²) in [5, 5.41) is 9.15. The molecule has 2 N–H and O–H groups in total. The van der Waals surface area contributed by atoms with E-state index in [0.29, 0.717) is 12.0 Å². The molecule has 0 saturated heterocycles. The lowest BCUT2D eigenvalue weighted by Crippen LogP contribution is -2.25. The molecule has 2 heterocycles. The number of hydrogen-bond acceptors (Lipinski definition) is 3. The van der Waals surface area contributed by atoms with Gasteiger partial charge in [0.05, 0.1) is 12.1 Å². The fourth-order valence-corrected chi connectivity index (χ4v) is 4.66. The number of rotatable bonds is 7. The number of anilines is 1. The van der Waals surface area contributed by atoms with Crippen LogP contribution in [0.4, 0.5) is 5.69 Å². The van der Waals surface area contributed by atoms with Gasteiger partial charge in [-0.25, -0.2) is 0 Å². The number of benzene rings is 3. The Morgan fingerprint density at radius 2 is 1.51 bits per heavy atom. The van der Waals surface area contributed by atoms with Gasteiger partial charge in [-0.15, -0.1) is 0 Å². The zero-order valence-corrected chi connectivity index (χ0v) is 20.5. The number of nitrogens with one attached hydrogen (secondary N) is 1. The number of aryl methyl sites for hydroxylation is 1. The van der Waals surface area contributed by atoms with Crippen molar-refractivity contribution in [3.63, 3.8) is 0 Å². The average molecular weight is 530 g/mol. The van der Waals surface area contributed by atoms with Gasteiger partial charge in [0.2, 0.25) is 0 Å². The van der Waals surface area contributed by atoms with Gasteiger partial charge in [0.25, 0.3) is 5.91 Å². The molecule has 4 aromatic rings. The quantitative estimate of drug-likeness (QED) is 0.315. The molecule has 1 amide bonds. The van der Waals surface area contributed by atoms with Crippen LogP contribution in [0, 0.1) is 0 Å². The number of nitrogens with zero attached hydrogens (tertiary/aromatic N) is 2. The lowest BCUT2D eigenvalue weighted by molar-refractivity contribution is -0.136. The summed E-state index contributed by atoms with van der Waals surface area (Å²) in [4.78, 5) is 26.6. The van der Waals surface area contributed by atoms with Gasteiger partial charge in [0.15, 0.2) is 0 Å². The fourth-order valence-electron chi connectivity index (χ4n) is 4.39. The number of carbonyl (C=O) groups is 2. The van der Waals surface area contributed by atoms with Crippen molar-refractivity contribution in [2.75, 3.05) is 10.3 Å². The third-order valence-corrected chi connectivity index (χ3v) is 6.77. The number of halogens is 1. The molecule has 1 aliphatic heterocycles. The Kier molecular flexibility index (Phi) is 6.42. The Hall–Kier alpha value is -3.84. The van der Waals surface area contributed by atoms with E-state index in [9.17, 15) is 9.59 Å². The van der Waals surface area contributed by atoms with Crippen molar-refractivity contribution in [1.82, 2.24) is 4.68 Å². The summed E-state index contributed by atoms with van der Waals surface area (Å²) in [6.45, 7) is 1.71. The number of aromatic nitrogens is 1. The van der Waals surface area contributed by atoms with Crippen LogP contribution in [-0.2, 0) is 24.3 Å². The van der Waals surface area contributed by atoms with E-state index in [1.807, 2.05) is 60.7 Å². The van der Waals surface area contributed by atoms with Gasteiger partial charge in [-0.05, 0) is 59.7 Å². The van der Waals surface area contributed by atoms with Gasteiger partial charge < -0.3 is 10.0 Å². The number of aliphatic carboxylic acids is 1. The molecule has 7 heteroatoms. The lowest BCUT2D eigenvalue weighted by Gasteiger charge is -2.18. The first-order chi connectivity index (χ1) is 17.0. The first-order valence-electron chi connectivity index (χ1n) is 11.4. The second kappa shape index (κ2) is 9.80. The standard InChI is InChI=1S/C28H24BrN3O3/c29-23-9-5-19(6-10-23)26-15-13-25(14-16-27(33)34)32(26)30-28(35)20-7-11-24(12-8-20)31-17-21-3-1-2-4-22(21)18-31/h1-13,15H,14,16-18H2,(H,30,35)(H,33,34). The van der Waals surface area contributed by atoms with Crippen molar-refractivity contribution in [1.29, 1.82) is 0 Å². The lowest BCUT2D eigenvalue weighted by atomic mass is 10.1. The molecule has 0 unspecified atom stereocenters. The Morgan fingerprint density at radius 1 is 0.857 bits per heavy atom. The Morgan fingerprint density at radius 3 is 2.14 bits per heavy atom. The van der Waals surface area contributed by atoms with Gasteiger partial charge in [0, 0.05) is 46.5 Å². The molecule has 0 spiro atoms. The number of hydrogen-bond donors (Lipinski definition) is 2. The minimum Gasteiger partial charge on any atom is -0.481 e. The highest BCUT2D eigenvalue weighted by Crippen LogP contribution is 2.28. The molecular formula is C28H24BrN3O3. The molecule has 1 aromatic heterocycles. The van der Waals surface area contributed by atoms with Crippen molar-refractivity contribution >= 4 is 33.5 Å². The van der Waals surface area contributed by atoms with E-state index in [1.54, 1.807) is 4.68 Å². The summed E-state index contributed by atoms with van der Waals surface area (Å²) in [5.74, 6) is -1.14. The van der Waals surface area contributed by atoms with Crippen LogP contribution >= 0.6 is 15.9 Å². The maximum Gasteiger partial charge on any atom is 0.303 e. The van der Waals surface area contributed by atoms with E-state index in [1.165, 1.54) is 11.1 Å². The van der Waals surface area contributed by atoms with Crippen LogP contribution in [0.2, 0.25) is 0 Å². The van der Waals surface area contributed by atoms with E-state index in [4.69, 9.17) is 5.11 Å². The molecule has 176 valence electrons. The molecule has 0 atom stereocenters. The van der Waals surface area contributed by atoms with E-state index >= 15 is 0 Å². The number of carboxylic acids is 1. The summed E-state index contributed by atoms with van der Waals surface area (Å²) in [5.41, 5.74) is 9.67. The van der Waals surface area contributed by atoms with E-state index in [-0.39, 0.29) is 12.3 Å². The van der Waals surface area contributed by atoms with Crippen molar-refractivity contribution in [2.45, 2.75) is 25.9 Å². The van der Waals surface area contributed by atoms with Crippen molar-refractivity contribution in [2.24, 2.45) is 0 Å². The Bertz CT molecular complexity index is 1350. The van der Waals surface area contributed by atoms with Gasteiger partial charge in [-0.2, -0.15) is 0 Å². The van der Waals surface area contributed by atoms with Crippen LogP contribution in [0.1, 0.15) is 33.6 Å². The zero-order chi connectivity index (χ0) is 24.4. The van der Waals surface area contributed by atoms with Crippen LogP contribution in [0.15, 0.2) is 89.4 Å². The molecule has 35 heavy (non-hydrogen) atoms. The van der Waals surface area contributed by atoms with E-state index < -0.39 is 5.97 Å². The highest BCUT2D eigenvalue weighted by molar-refractivity contribution is 9.10. The van der Waals surface area contributed by atoms with Crippen molar-refractivity contribution in [3.05, 3.63) is 112 Å². The smallest absolute Gasteiger partial charge is 0.303 e. The predicted molar refractivity (Wildman–Crippen MR) is 140 cm³/mol. The molecule has 0 saturated carbocycles. The summed E-state index contributed by atoms with van der Waals surface area (Å²) in [7, 11) is 0. The van der Waals surface area contributed by atoms with Crippen LogP contribution in [0.25, 0.3) is 11.3 Å². The second-order valence-corrected chi connectivity index (χ2v) is 9.47. The molecule has 0 radical (unpaired) electrons. The first-order valence-corrected chi connectivity index (χ1v) is 12.2. The molecule has 6 nitrogen and oxygen atoms in total. The predicted octanol–water partition coefficient (Wildman–Crippen LogP) is 5.84. The van der Waals surface area contributed by atoms with Crippen LogP contribution in [0.3, 0.4) is 0 Å². The minimum atomic E-state index is -0.881. The molecule has 5 rings (SSSR count). The highest BCUT2D eigenvalue weighted by Gasteiger charge is 2.19. The highest BCUT2D eigenvalue weighted by atomic mass is 79.9. The summed E-state index contributed by atoms with van der Waals surface area (Å²) in [6.07, 6.45) is 0.285. The summed E-state index contributed by atoms with van der Waals surface area (Å²) in [6, 6.07) is 27.5. The maximum absolute atomic E-state index is 13.2. The van der Waals surface area contributed by atoms with Gasteiger partial charge >= 0.3 is 5.97 Å². The van der Waals surface area contributed by atoms with Gasteiger partial charge in [0.1, 0.15) is 0 Å². The minimum absolute atomic E-state index is 0.0212. The Balaban J connectivity index is 1.36. The zero-order valence-electron chi connectivity index (χ0n) is 18.9. The van der Waals surface area contributed by atoms with Crippen LogP contribution in [-0.4, -0.2) is 21.7 Å². The molecule has 3 aromatic carbocycles. The number of carbonyl (C=O) groups excluding carboxylic acids is 1. The number of carboxylic acid groups (broad SMARTS) is 1. The molecule has 1 aliphatic rings. The second-order valence-electron chi connectivity index (χ2n) is 8.56. The van der Waals surface area contributed by atoms with Gasteiger partial charge in [-0.1, -0.05) is 52.3 Å². The van der Waals surface area contributed by atoms with Gasteiger partial charge in [-0.3, -0.25) is 19.7 Å². The monoisotopic (exact) mass is 529 g/mol. The SMILES string of the molecule is O=C(O)CCc1ccc(-c2ccc(Br)cc2)n1NC(=O)c1ccc(N2Cc3ccccc3C2)cc1. The third-order valence-electron chi connectivity index (χ3n) is 6.25. The summed E-state index contributed by atoms with van der Waals surface area (Å²) < 4.78 is 2.65.